The van der Waals surface area contributed by atoms with Gasteiger partial charge in [-0.05, 0) is 33.1 Å². The Morgan fingerprint density at radius 1 is 1.65 bits per heavy atom. The van der Waals surface area contributed by atoms with Crippen molar-refractivity contribution in [1.82, 2.24) is 19.7 Å². The number of H-pyrrole nitrogens is 1. The second-order valence-electron chi connectivity index (χ2n) is 4.77. The van der Waals surface area contributed by atoms with E-state index in [9.17, 15) is 9.59 Å². The Bertz CT molecular complexity index is 444. The van der Waals surface area contributed by atoms with Crippen molar-refractivity contribution in [3.63, 3.8) is 0 Å². The van der Waals surface area contributed by atoms with E-state index in [1.54, 1.807) is 0 Å². The van der Waals surface area contributed by atoms with Gasteiger partial charge in [-0.3, -0.25) is 9.36 Å². The van der Waals surface area contributed by atoms with Crippen LogP contribution in [0, 0.1) is 0 Å². The lowest BCUT2D eigenvalue weighted by Gasteiger charge is -2.40. The van der Waals surface area contributed by atoms with E-state index in [0.29, 0.717) is 6.04 Å². The van der Waals surface area contributed by atoms with Gasteiger partial charge in [0.15, 0.2) is 0 Å². The van der Waals surface area contributed by atoms with Gasteiger partial charge in [-0.15, -0.1) is 0 Å². The van der Waals surface area contributed by atoms with Gasteiger partial charge in [-0.1, -0.05) is 0 Å². The molecule has 0 bridgehead atoms. The van der Waals surface area contributed by atoms with Crippen molar-refractivity contribution in [3.05, 3.63) is 16.8 Å². The smallest absolute Gasteiger partial charge is 0.336 e. The average molecular weight is 238 g/mol. The third-order valence-corrected chi connectivity index (χ3v) is 3.24. The molecule has 1 N–H and O–H groups in total. The summed E-state index contributed by atoms with van der Waals surface area (Å²) in [6.07, 6.45) is 4.70. The number of hydrogen-bond acceptors (Lipinski definition) is 3. The molecule has 0 radical (unpaired) electrons. The normalized spacial score (nSPS) is 15.9. The predicted molar refractivity (Wildman–Crippen MR) is 62.5 cm³/mol. The van der Waals surface area contributed by atoms with Gasteiger partial charge in [0.05, 0.1) is 0 Å². The molecule has 1 fully saturated rings. The average Bonchev–Trinajstić information content (AvgIpc) is 2.57. The van der Waals surface area contributed by atoms with Gasteiger partial charge in [0.25, 0.3) is 0 Å². The van der Waals surface area contributed by atoms with Crippen LogP contribution in [0.3, 0.4) is 0 Å². The van der Waals surface area contributed by atoms with Crippen molar-refractivity contribution >= 4 is 5.91 Å². The molecule has 0 spiro atoms. The highest BCUT2D eigenvalue weighted by atomic mass is 16.2. The van der Waals surface area contributed by atoms with Gasteiger partial charge in [-0.2, -0.15) is 5.10 Å². The van der Waals surface area contributed by atoms with E-state index in [1.165, 1.54) is 17.3 Å². The summed E-state index contributed by atoms with van der Waals surface area (Å²) in [5.74, 6) is -0.00630. The number of carbonyl (C=O) groups is 1. The molecule has 1 saturated carbocycles. The number of rotatable bonds is 4. The molecule has 1 heterocycles. The summed E-state index contributed by atoms with van der Waals surface area (Å²) in [5.41, 5.74) is -0.337. The van der Waals surface area contributed by atoms with Gasteiger partial charge in [0, 0.05) is 12.1 Å². The monoisotopic (exact) mass is 238 g/mol. The lowest BCUT2D eigenvalue weighted by atomic mass is 9.90. The van der Waals surface area contributed by atoms with Crippen molar-refractivity contribution < 1.29 is 4.79 Å². The predicted octanol–water partition coefficient (Wildman–Crippen LogP) is 0.361. The van der Waals surface area contributed by atoms with Crippen molar-refractivity contribution in [2.45, 2.75) is 51.7 Å². The Kier molecular flexibility index (Phi) is 3.31. The zero-order valence-electron chi connectivity index (χ0n) is 10.2. The summed E-state index contributed by atoms with van der Waals surface area (Å²) in [6.45, 7) is 4.09. The van der Waals surface area contributed by atoms with Crippen LogP contribution in [0.2, 0.25) is 0 Å². The number of aromatic amines is 1. The summed E-state index contributed by atoms with van der Waals surface area (Å²) in [5, 5.41) is 5.90. The third kappa shape index (κ3) is 2.40. The van der Waals surface area contributed by atoms with Crippen LogP contribution < -0.4 is 5.69 Å². The molecule has 2 rings (SSSR count). The van der Waals surface area contributed by atoms with Crippen LogP contribution in [0.5, 0.6) is 0 Å². The van der Waals surface area contributed by atoms with E-state index in [4.69, 9.17) is 0 Å². The quantitative estimate of drug-likeness (QED) is 0.823. The zero-order valence-corrected chi connectivity index (χ0v) is 10.2. The maximum atomic E-state index is 12.2. The lowest BCUT2D eigenvalue weighted by Crippen LogP contribution is -2.49. The van der Waals surface area contributed by atoms with E-state index in [2.05, 4.69) is 10.2 Å². The largest absolute Gasteiger partial charge is 0.343 e. The second-order valence-corrected chi connectivity index (χ2v) is 4.77. The highest BCUT2D eigenvalue weighted by Crippen LogP contribution is 2.26. The van der Waals surface area contributed by atoms with Crippen LogP contribution >= 0.6 is 0 Å². The van der Waals surface area contributed by atoms with Crippen molar-refractivity contribution in [3.8, 4) is 0 Å². The highest BCUT2D eigenvalue weighted by Gasteiger charge is 2.30. The van der Waals surface area contributed by atoms with Gasteiger partial charge in [0.2, 0.25) is 5.91 Å². The maximum Gasteiger partial charge on any atom is 0.343 e. The topological polar surface area (TPSA) is 71.0 Å². The van der Waals surface area contributed by atoms with Crippen molar-refractivity contribution in [2.75, 3.05) is 0 Å². The van der Waals surface area contributed by atoms with E-state index < -0.39 is 0 Å². The molecule has 0 saturated heterocycles. The first-order chi connectivity index (χ1) is 8.09. The van der Waals surface area contributed by atoms with Crippen molar-refractivity contribution in [1.29, 1.82) is 0 Å². The van der Waals surface area contributed by atoms with E-state index in [0.717, 1.165) is 12.8 Å². The van der Waals surface area contributed by atoms with Gasteiger partial charge in [0.1, 0.15) is 12.9 Å². The Morgan fingerprint density at radius 3 is 2.76 bits per heavy atom. The molecule has 0 aliphatic heterocycles. The van der Waals surface area contributed by atoms with Crippen LogP contribution in [0.25, 0.3) is 0 Å². The maximum absolute atomic E-state index is 12.2. The number of carbonyl (C=O) groups excluding carboxylic acids is 1. The molecule has 6 nitrogen and oxygen atoms in total. The number of amides is 1. The lowest BCUT2D eigenvalue weighted by molar-refractivity contribution is -0.138. The van der Waals surface area contributed by atoms with Crippen LogP contribution in [-0.2, 0) is 11.3 Å². The number of aromatic nitrogens is 3. The van der Waals surface area contributed by atoms with Crippen LogP contribution in [0.15, 0.2) is 11.1 Å². The Labute approximate surface area is 99.6 Å². The Balaban J connectivity index is 2.06. The van der Waals surface area contributed by atoms with Gasteiger partial charge < -0.3 is 4.90 Å². The fourth-order valence-corrected chi connectivity index (χ4v) is 2.19. The molecule has 1 aliphatic carbocycles. The summed E-state index contributed by atoms with van der Waals surface area (Å²) >= 11 is 0. The molecular formula is C11H18N4O2. The Hall–Kier alpha value is -1.59. The number of nitrogens with zero attached hydrogens (tertiary/aromatic N) is 3. The molecule has 0 unspecified atom stereocenters. The molecular weight excluding hydrogens is 220 g/mol. The fourth-order valence-electron chi connectivity index (χ4n) is 2.19. The minimum atomic E-state index is -0.337. The van der Waals surface area contributed by atoms with E-state index in [1.807, 2.05) is 18.7 Å². The van der Waals surface area contributed by atoms with Gasteiger partial charge in [-0.25, -0.2) is 9.89 Å². The summed E-state index contributed by atoms with van der Waals surface area (Å²) in [7, 11) is 0. The molecule has 1 amide bonds. The van der Waals surface area contributed by atoms with Crippen LogP contribution in [0.4, 0.5) is 0 Å². The Morgan fingerprint density at radius 2 is 2.35 bits per heavy atom. The first-order valence-corrected chi connectivity index (χ1v) is 6.00. The van der Waals surface area contributed by atoms with Crippen molar-refractivity contribution in [2.24, 2.45) is 0 Å². The molecule has 6 heteroatoms. The second kappa shape index (κ2) is 4.73. The fraction of sp³-hybridized carbons (Fsp3) is 0.727. The minimum Gasteiger partial charge on any atom is -0.336 e. The molecule has 0 aromatic carbocycles. The summed E-state index contributed by atoms with van der Waals surface area (Å²) in [6, 6.07) is 0.528. The van der Waals surface area contributed by atoms with Gasteiger partial charge >= 0.3 is 5.69 Å². The molecule has 0 atom stereocenters. The standard InChI is InChI=1S/C11H18N4O2/c1-8(2)15(9-4-3-5-9)10(16)6-14-7-12-13-11(14)17/h7-9H,3-6H2,1-2H3,(H,13,17). The molecule has 1 aliphatic rings. The zero-order chi connectivity index (χ0) is 12.4. The molecule has 1 aromatic rings. The first-order valence-electron chi connectivity index (χ1n) is 6.00. The van der Waals surface area contributed by atoms with Crippen LogP contribution in [0.1, 0.15) is 33.1 Å². The van der Waals surface area contributed by atoms with Crippen LogP contribution in [-0.4, -0.2) is 37.7 Å². The molecule has 1 aromatic heterocycles. The summed E-state index contributed by atoms with van der Waals surface area (Å²) in [4.78, 5) is 25.3. The third-order valence-electron chi connectivity index (χ3n) is 3.24. The summed E-state index contributed by atoms with van der Waals surface area (Å²) < 4.78 is 1.30. The highest BCUT2D eigenvalue weighted by molar-refractivity contribution is 5.76. The van der Waals surface area contributed by atoms with E-state index in [-0.39, 0.29) is 24.2 Å². The van der Waals surface area contributed by atoms with E-state index >= 15 is 0 Å². The number of nitrogens with one attached hydrogen (secondary N) is 1. The SMILES string of the molecule is CC(C)N(C(=O)Cn1cn[nH]c1=O)C1CCC1. The molecule has 17 heavy (non-hydrogen) atoms. The first kappa shape index (κ1) is 11.9. The number of hydrogen-bond donors (Lipinski definition) is 1. The minimum absolute atomic E-state index is 0.00630. The molecule has 94 valence electrons.